The molecular weight excluding hydrogens is 126 g/mol. The van der Waals surface area contributed by atoms with E-state index in [9.17, 15) is 0 Å². The van der Waals surface area contributed by atoms with E-state index >= 15 is 0 Å². The van der Waals surface area contributed by atoms with E-state index in [1.807, 2.05) is 6.92 Å². The molecule has 0 aliphatic carbocycles. The van der Waals surface area contributed by atoms with Crippen molar-refractivity contribution in [1.29, 1.82) is 0 Å². The molecule has 0 bridgehead atoms. The zero-order valence-corrected chi connectivity index (χ0v) is 6.09. The zero-order chi connectivity index (χ0) is 6.97. The van der Waals surface area contributed by atoms with Gasteiger partial charge in [0.1, 0.15) is 0 Å². The summed E-state index contributed by atoms with van der Waals surface area (Å²) < 4.78 is 2.08. The van der Waals surface area contributed by atoms with Crippen molar-refractivity contribution >= 4 is 0 Å². The molecule has 0 radical (unpaired) electrons. The van der Waals surface area contributed by atoms with Crippen LogP contribution in [0.4, 0.5) is 0 Å². The van der Waals surface area contributed by atoms with Gasteiger partial charge in [0, 0.05) is 13.1 Å². The van der Waals surface area contributed by atoms with Crippen LogP contribution in [0.25, 0.3) is 0 Å². The van der Waals surface area contributed by atoms with Crippen LogP contribution in [0.3, 0.4) is 0 Å². The summed E-state index contributed by atoms with van der Waals surface area (Å²) in [6.45, 7) is 5.07. The van der Waals surface area contributed by atoms with E-state index in [1.54, 1.807) is 0 Å². The fourth-order valence-corrected chi connectivity index (χ4v) is 1.34. The Hall–Kier alpha value is -0.830. The van der Waals surface area contributed by atoms with Crippen LogP contribution in [0.15, 0.2) is 6.07 Å². The molecule has 0 atom stereocenters. The highest BCUT2D eigenvalue weighted by molar-refractivity contribution is 5.09. The van der Waals surface area contributed by atoms with Gasteiger partial charge < -0.3 is 5.32 Å². The molecule has 0 spiro atoms. The van der Waals surface area contributed by atoms with Gasteiger partial charge >= 0.3 is 0 Å². The molecule has 2 rings (SSSR count). The van der Waals surface area contributed by atoms with Gasteiger partial charge in [-0.1, -0.05) is 0 Å². The van der Waals surface area contributed by atoms with E-state index in [4.69, 9.17) is 0 Å². The first-order valence-corrected chi connectivity index (χ1v) is 3.60. The number of hydrogen-bond acceptors (Lipinski definition) is 2. The van der Waals surface area contributed by atoms with Crippen molar-refractivity contribution in [3.63, 3.8) is 0 Å². The van der Waals surface area contributed by atoms with Crippen LogP contribution in [0.2, 0.25) is 0 Å². The Labute approximate surface area is 60.0 Å². The first kappa shape index (κ1) is 5.92. The first-order chi connectivity index (χ1) is 4.86. The second-order valence-corrected chi connectivity index (χ2v) is 2.68. The fraction of sp³-hybridized carbons (Fsp3) is 0.571. The van der Waals surface area contributed by atoms with Crippen LogP contribution < -0.4 is 5.32 Å². The molecule has 1 aliphatic rings. The fourth-order valence-electron chi connectivity index (χ4n) is 1.34. The molecule has 0 fully saturated rings. The number of fused-ring (bicyclic) bond motifs is 1. The Bertz CT molecular complexity index is 215. The highest BCUT2D eigenvalue weighted by Gasteiger charge is 2.08. The Kier molecular flexibility index (Phi) is 1.24. The van der Waals surface area contributed by atoms with E-state index in [0.717, 1.165) is 25.3 Å². The lowest BCUT2D eigenvalue weighted by molar-refractivity contribution is 0.474. The predicted octanol–water partition coefficient (Wildman–Crippen LogP) is 0.295. The molecule has 1 aromatic rings. The Morgan fingerprint density at radius 1 is 1.70 bits per heavy atom. The lowest BCUT2D eigenvalue weighted by atomic mass is 10.3. The third kappa shape index (κ3) is 0.827. The van der Waals surface area contributed by atoms with Gasteiger partial charge in [0.2, 0.25) is 0 Å². The van der Waals surface area contributed by atoms with Gasteiger partial charge in [-0.05, 0) is 13.0 Å². The first-order valence-electron chi connectivity index (χ1n) is 3.60. The topological polar surface area (TPSA) is 29.9 Å². The van der Waals surface area contributed by atoms with Gasteiger partial charge in [-0.3, -0.25) is 4.68 Å². The van der Waals surface area contributed by atoms with Gasteiger partial charge in [0.05, 0.1) is 17.9 Å². The zero-order valence-electron chi connectivity index (χ0n) is 6.09. The predicted molar refractivity (Wildman–Crippen MR) is 38.7 cm³/mol. The summed E-state index contributed by atoms with van der Waals surface area (Å²) >= 11 is 0. The van der Waals surface area contributed by atoms with Gasteiger partial charge in [-0.2, -0.15) is 5.10 Å². The van der Waals surface area contributed by atoms with Crippen molar-refractivity contribution in [1.82, 2.24) is 15.1 Å². The monoisotopic (exact) mass is 137 g/mol. The van der Waals surface area contributed by atoms with Crippen LogP contribution in [0, 0.1) is 6.92 Å². The summed E-state index contributed by atoms with van der Waals surface area (Å²) in [5.41, 5.74) is 2.43. The molecule has 0 amide bonds. The number of hydrogen-bond donors (Lipinski definition) is 1. The molecule has 1 aliphatic heterocycles. The summed E-state index contributed by atoms with van der Waals surface area (Å²) in [7, 11) is 0. The molecule has 0 saturated carbocycles. The average Bonchev–Trinajstić information content (AvgIpc) is 2.27. The normalized spacial score (nSPS) is 16.9. The van der Waals surface area contributed by atoms with E-state index < -0.39 is 0 Å². The summed E-state index contributed by atoms with van der Waals surface area (Å²) in [6.07, 6.45) is 0. The van der Waals surface area contributed by atoms with Crippen molar-refractivity contribution in [2.75, 3.05) is 6.54 Å². The Morgan fingerprint density at radius 2 is 2.60 bits per heavy atom. The largest absolute Gasteiger partial charge is 0.309 e. The Balaban J connectivity index is 2.41. The van der Waals surface area contributed by atoms with Crippen LogP contribution in [-0.2, 0) is 13.1 Å². The molecule has 1 aromatic heterocycles. The SMILES string of the molecule is Cc1cc2n(n1)CCNC2. The van der Waals surface area contributed by atoms with Crippen LogP contribution in [0.1, 0.15) is 11.4 Å². The molecular formula is C7H11N3. The van der Waals surface area contributed by atoms with E-state index in [1.165, 1.54) is 5.69 Å². The maximum absolute atomic E-state index is 4.33. The standard InChI is InChI=1S/C7H11N3/c1-6-4-7-5-8-2-3-10(7)9-6/h4,8H,2-3,5H2,1H3. The second-order valence-electron chi connectivity index (χ2n) is 2.68. The number of nitrogens with one attached hydrogen (secondary N) is 1. The second kappa shape index (κ2) is 2.09. The smallest absolute Gasteiger partial charge is 0.0597 e. The third-order valence-electron chi connectivity index (χ3n) is 1.79. The summed E-state index contributed by atoms with van der Waals surface area (Å²) in [5.74, 6) is 0. The van der Waals surface area contributed by atoms with Crippen molar-refractivity contribution in [2.24, 2.45) is 0 Å². The number of aryl methyl sites for hydroxylation is 1. The van der Waals surface area contributed by atoms with Crippen LogP contribution >= 0.6 is 0 Å². The van der Waals surface area contributed by atoms with Crippen molar-refractivity contribution in [2.45, 2.75) is 20.0 Å². The summed E-state index contributed by atoms with van der Waals surface area (Å²) in [6, 6.07) is 2.13. The summed E-state index contributed by atoms with van der Waals surface area (Å²) in [5, 5.41) is 7.62. The maximum atomic E-state index is 4.33. The molecule has 3 heteroatoms. The van der Waals surface area contributed by atoms with Gasteiger partial charge in [-0.25, -0.2) is 0 Å². The van der Waals surface area contributed by atoms with E-state index in [-0.39, 0.29) is 0 Å². The summed E-state index contributed by atoms with van der Waals surface area (Å²) in [4.78, 5) is 0. The highest BCUT2D eigenvalue weighted by Crippen LogP contribution is 2.05. The van der Waals surface area contributed by atoms with Crippen molar-refractivity contribution in [3.8, 4) is 0 Å². The van der Waals surface area contributed by atoms with Gasteiger partial charge in [0.25, 0.3) is 0 Å². The molecule has 0 unspecified atom stereocenters. The molecule has 10 heavy (non-hydrogen) atoms. The molecule has 2 heterocycles. The van der Waals surface area contributed by atoms with Crippen molar-refractivity contribution in [3.05, 3.63) is 17.5 Å². The van der Waals surface area contributed by atoms with Crippen LogP contribution in [0.5, 0.6) is 0 Å². The molecule has 54 valence electrons. The van der Waals surface area contributed by atoms with Gasteiger partial charge in [0.15, 0.2) is 0 Å². The molecule has 1 N–H and O–H groups in total. The Morgan fingerprint density at radius 3 is 3.40 bits per heavy atom. The third-order valence-corrected chi connectivity index (χ3v) is 1.79. The number of rotatable bonds is 0. The lowest BCUT2D eigenvalue weighted by Crippen LogP contribution is -2.28. The van der Waals surface area contributed by atoms with E-state index in [2.05, 4.69) is 21.2 Å². The quantitative estimate of drug-likeness (QED) is 0.557. The van der Waals surface area contributed by atoms with Crippen LogP contribution in [-0.4, -0.2) is 16.3 Å². The highest BCUT2D eigenvalue weighted by atomic mass is 15.3. The minimum absolute atomic E-state index is 0.973. The van der Waals surface area contributed by atoms with Crippen molar-refractivity contribution < 1.29 is 0 Å². The average molecular weight is 137 g/mol. The minimum Gasteiger partial charge on any atom is -0.309 e. The maximum Gasteiger partial charge on any atom is 0.0597 e. The molecule has 3 nitrogen and oxygen atoms in total. The number of nitrogens with zero attached hydrogens (tertiary/aromatic N) is 2. The number of aromatic nitrogens is 2. The van der Waals surface area contributed by atoms with Gasteiger partial charge in [-0.15, -0.1) is 0 Å². The van der Waals surface area contributed by atoms with E-state index in [0.29, 0.717) is 0 Å². The minimum atomic E-state index is 0.973. The lowest BCUT2D eigenvalue weighted by Gasteiger charge is -2.13. The molecule has 0 aromatic carbocycles. The molecule has 0 saturated heterocycles.